The predicted molar refractivity (Wildman–Crippen MR) is 124 cm³/mol. The van der Waals surface area contributed by atoms with E-state index in [2.05, 4.69) is 5.32 Å². The first kappa shape index (κ1) is 24.1. The lowest BCUT2D eigenvalue weighted by Gasteiger charge is -2.11. The molecule has 0 aliphatic rings. The Morgan fingerprint density at radius 2 is 1.65 bits per heavy atom. The Bertz CT molecular complexity index is 1280. The molecule has 3 aromatic carbocycles. The van der Waals surface area contributed by atoms with E-state index in [-0.39, 0.29) is 34.0 Å². The highest BCUT2D eigenvalue weighted by atomic mass is 16.6. The summed E-state index contributed by atoms with van der Waals surface area (Å²) in [7, 11) is 1.36. The summed E-state index contributed by atoms with van der Waals surface area (Å²) in [5.74, 6) is -1.73. The number of nitro benzene ring substituents is 1. The largest absolute Gasteiger partial charge is 0.496 e. The highest BCUT2D eigenvalue weighted by Gasteiger charge is 2.22. The summed E-state index contributed by atoms with van der Waals surface area (Å²) in [5, 5.41) is 13.6. The number of aryl methyl sites for hydroxylation is 2. The SMILES string of the molecule is COc1ccc(NC(=O)COC(=O)c2ccccc2C(=O)c2cc(C)ccc2C)c([N+](=O)[O-])c1. The van der Waals surface area contributed by atoms with Crippen molar-refractivity contribution in [2.75, 3.05) is 19.0 Å². The summed E-state index contributed by atoms with van der Waals surface area (Å²) in [4.78, 5) is 48.7. The minimum Gasteiger partial charge on any atom is -0.496 e. The quantitative estimate of drug-likeness (QED) is 0.230. The number of ketones is 1. The van der Waals surface area contributed by atoms with Crippen molar-refractivity contribution >= 4 is 29.0 Å². The monoisotopic (exact) mass is 462 g/mol. The van der Waals surface area contributed by atoms with E-state index >= 15 is 0 Å². The van der Waals surface area contributed by atoms with Crippen LogP contribution in [0.3, 0.4) is 0 Å². The molecular weight excluding hydrogens is 440 g/mol. The topological polar surface area (TPSA) is 125 Å². The van der Waals surface area contributed by atoms with Crippen LogP contribution in [0.2, 0.25) is 0 Å². The van der Waals surface area contributed by atoms with E-state index in [1.54, 1.807) is 25.1 Å². The molecule has 0 atom stereocenters. The van der Waals surface area contributed by atoms with Crippen LogP contribution in [0.15, 0.2) is 60.7 Å². The third kappa shape index (κ3) is 5.44. The van der Waals surface area contributed by atoms with Gasteiger partial charge in [0.15, 0.2) is 12.4 Å². The molecule has 0 aliphatic heterocycles. The molecule has 0 radical (unpaired) electrons. The van der Waals surface area contributed by atoms with Gasteiger partial charge in [0.1, 0.15) is 11.4 Å². The van der Waals surface area contributed by atoms with Crippen LogP contribution in [-0.2, 0) is 9.53 Å². The van der Waals surface area contributed by atoms with Crippen LogP contribution < -0.4 is 10.1 Å². The van der Waals surface area contributed by atoms with E-state index in [0.717, 1.165) is 17.2 Å². The van der Waals surface area contributed by atoms with Crippen molar-refractivity contribution in [3.8, 4) is 5.75 Å². The maximum Gasteiger partial charge on any atom is 0.339 e. The lowest BCUT2D eigenvalue weighted by Crippen LogP contribution is -2.22. The van der Waals surface area contributed by atoms with Crippen LogP contribution in [-0.4, -0.2) is 36.3 Å². The number of nitrogens with zero attached hydrogens (tertiary/aromatic N) is 1. The molecule has 0 heterocycles. The molecule has 0 saturated heterocycles. The number of carbonyl (C=O) groups excluding carboxylic acids is 3. The fourth-order valence-corrected chi connectivity index (χ4v) is 3.27. The van der Waals surface area contributed by atoms with Crippen LogP contribution in [0.5, 0.6) is 5.75 Å². The second-order valence-electron chi connectivity index (χ2n) is 7.46. The summed E-state index contributed by atoms with van der Waals surface area (Å²) in [5.41, 5.74) is 1.84. The van der Waals surface area contributed by atoms with Crippen molar-refractivity contribution in [1.82, 2.24) is 0 Å². The van der Waals surface area contributed by atoms with Crippen LogP contribution in [0, 0.1) is 24.0 Å². The maximum atomic E-state index is 13.1. The standard InChI is InChI=1S/C25H22N2O7/c1-15-8-9-16(2)20(12-15)24(29)18-6-4-5-7-19(18)25(30)34-14-23(28)26-21-11-10-17(33-3)13-22(21)27(31)32/h4-13H,14H2,1-3H3,(H,26,28). The molecule has 0 aromatic heterocycles. The molecule has 3 rings (SSSR count). The van der Waals surface area contributed by atoms with Gasteiger partial charge in [0.25, 0.3) is 11.6 Å². The summed E-state index contributed by atoms with van der Waals surface area (Å²) in [6.45, 7) is 2.96. The van der Waals surface area contributed by atoms with Crippen molar-refractivity contribution < 1.29 is 28.8 Å². The number of amides is 1. The number of carbonyl (C=O) groups is 3. The van der Waals surface area contributed by atoms with E-state index in [4.69, 9.17) is 9.47 Å². The number of hydrogen-bond donors (Lipinski definition) is 1. The number of benzene rings is 3. The van der Waals surface area contributed by atoms with Crippen molar-refractivity contribution in [2.45, 2.75) is 13.8 Å². The van der Waals surface area contributed by atoms with Crippen molar-refractivity contribution in [3.05, 3.63) is 98.6 Å². The Labute approximate surface area is 195 Å². The van der Waals surface area contributed by atoms with Crippen molar-refractivity contribution in [1.29, 1.82) is 0 Å². The molecule has 1 N–H and O–H groups in total. The molecule has 174 valence electrons. The number of nitrogens with one attached hydrogen (secondary N) is 1. The third-order valence-corrected chi connectivity index (χ3v) is 5.04. The molecule has 0 unspecified atom stereocenters. The molecule has 0 fully saturated rings. The zero-order valence-electron chi connectivity index (χ0n) is 18.8. The van der Waals surface area contributed by atoms with Gasteiger partial charge in [-0.3, -0.25) is 19.7 Å². The first-order valence-electron chi connectivity index (χ1n) is 10.2. The van der Waals surface area contributed by atoms with Gasteiger partial charge in [-0.05, 0) is 43.7 Å². The lowest BCUT2D eigenvalue weighted by molar-refractivity contribution is -0.384. The molecule has 0 aliphatic carbocycles. The molecule has 9 heteroatoms. The molecule has 1 amide bonds. The van der Waals surface area contributed by atoms with Crippen molar-refractivity contribution in [2.24, 2.45) is 0 Å². The predicted octanol–water partition coefficient (Wildman–Crippen LogP) is 4.25. The molecule has 0 spiro atoms. The average Bonchev–Trinajstić information content (AvgIpc) is 2.83. The second-order valence-corrected chi connectivity index (χ2v) is 7.46. The number of esters is 1. The van der Waals surface area contributed by atoms with E-state index in [0.29, 0.717) is 5.56 Å². The van der Waals surface area contributed by atoms with Gasteiger partial charge in [-0.25, -0.2) is 4.79 Å². The Morgan fingerprint density at radius 1 is 0.941 bits per heavy atom. The van der Waals surface area contributed by atoms with E-state index < -0.39 is 23.4 Å². The summed E-state index contributed by atoms with van der Waals surface area (Å²) < 4.78 is 10.0. The van der Waals surface area contributed by atoms with Gasteiger partial charge in [-0.2, -0.15) is 0 Å². The van der Waals surface area contributed by atoms with Gasteiger partial charge < -0.3 is 14.8 Å². The normalized spacial score (nSPS) is 10.3. The van der Waals surface area contributed by atoms with Gasteiger partial charge in [-0.1, -0.05) is 35.9 Å². The fourth-order valence-electron chi connectivity index (χ4n) is 3.27. The molecular formula is C25H22N2O7. The smallest absolute Gasteiger partial charge is 0.339 e. The Hall–Kier alpha value is -4.53. The molecule has 34 heavy (non-hydrogen) atoms. The van der Waals surface area contributed by atoms with Crippen LogP contribution in [0.1, 0.15) is 37.4 Å². The Balaban J connectivity index is 1.74. The number of hydrogen-bond acceptors (Lipinski definition) is 7. The minimum absolute atomic E-state index is 0.0108. The summed E-state index contributed by atoms with van der Waals surface area (Å²) in [6, 6.07) is 15.5. The van der Waals surface area contributed by atoms with Crippen molar-refractivity contribution in [3.63, 3.8) is 0 Å². The number of nitro groups is 1. The zero-order chi connectivity index (χ0) is 24.8. The first-order valence-corrected chi connectivity index (χ1v) is 10.2. The first-order chi connectivity index (χ1) is 16.2. The minimum atomic E-state index is -0.867. The Morgan fingerprint density at radius 3 is 2.32 bits per heavy atom. The van der Waals surface area contributed by atoms with E-state index in [1.165, 1.54) is 31.4 Å². The lowest BCUT2D eigenvalue weighted by atomic mass is 9.94. The number of anilines is 1. The second kappa shape index (κ2) is 10.4. The highest BCUT2D eigenvalue weighted by Crippen LogP contribution is 2.29. The van der Waals surface area contributed by atoms with Gasteiger partial charge in [-0.15, -0.1) is 0 Å². The molecule has 0 saturated carbocycles. The maximum absolute atomic E-state index is 13.1. The number of rotatable bonds is 8. The summed E-state index contributed by atoms with van der Waals surface area (Å²) in [6.07, 6.45) is 0. The molecule has 0 bridgehead atoms. The molecule has 9 nitrogen and oxygen atoms in total. The van der Waals surface area contributed by atoms with Gasteiger partial charge in [0, 0.05) is 11.1 Å². The summed E-state index contributed by atoms with van der Waals surface area (Å²) >= 11 is 0. The van der Waals surface area contributed by atoms with E-state index in [1.807, 2.05) is 19.1 Å². The van der Waals surface area contributed by atoms with Gasteiger partial charge >= 0.3 is 5.97 Å². The fraction of sp³-hybridized carbons (Fsp3) is 0.160. The van der Waals surface area contributed by atoms with Gasteiger partial charge in [0.2, 0.25) is 0 Å². The number of methoxy groups -OCH3 is 1. The molecule has 3 aromatic rings. The third-order valence-electron chi connectivity index (χ3n) is 5.04. The van der Waals surface area contributed by atoms with Gasteiger partial charge in [0.05, 0.1) is 23.7 Å². The van der Waals surface area contributed by atoms with Crippen LogP contribution >= 0.6 is 0 Å². The Kier molecular flexibility index (Phi) is 7.37. The van der Waals surface area contributed by atoms with E-state index in [9.17, 15) is 24.5 Å². The average molecular weight is 462 g/mol. The highest BCUT2D eigenvalue weighted by molar-refractivity contribution is 6.15. The van der Waals surface area contributed by atoms with Crippen LogP contribution in [0.25, 0.3) is 0 Å². The van der Waals surface area contributed by atoms with Crippen LogP contribution in [0.4, 0.5) is 11.4 Å². The zero-order valence-corrected chi connectivity index (χ0v) is 18.8. The number of ether oxygens (including phenoxy) is 2.